The predicted molar refractivity (Wildman–Crippen MR) is 87.3 cm³/mol. The van der Waals surface area contributed by atoms with Gasteiger partial charge in [0.25, 0.3) is 0 Å². The van der Waals surface area contributed by atoms with E-state index in [-0.39, 0.29) is 5.54 Å². The van der Waals surface area contributed by atoms with Crippen LogP contribution >= 0.6 is 11.6 Å². The minimum Gasteiger partial charge on any atom is -0.383 e. The van der Waals surface area contributed by atoms with Gasteiger partial charge in [0.1, 0.15) is 0 Å². The molecule has 1 saturated heterocycles. The number of rotatable bonds is 6. The lowest BCUT2D eigenvalue weighted by Gasteiger charge is -2.44. The van der Waals surface area contributed by atoms with E-state index in [2.05, 4.69) is 36.2 Å². The van der Waals surface area contributed by atoms with Crippen molar-refractivity contribution in [3.8, 4) is 0 Å². The minimum atomic E-state index is -0.0236. The first-order chi connectivity index (χ1) is 10.0. The quantitative estimate of drug-likeness (QED) is 0.819. The van der Waals surface area contributed by atoms with Crippen LogP contribution in [0.25, 0.3) is 0 Å². The van der Waals surface area contributed by atoms with Crippen LogP contribution < -0.4 is 10.2 Å². The zero-order valence-electron chi connectivity index (χ0n) is 13.1. The van der Waals surface area contributed by atoms with Gasteiger partial charge in [-0.1, -0.05) is 17.7 Å². The smallest absolute Gasteiger partial charge is 0.0694 e. The normalized spacial score (nSPS) is 18.0. The number of morpholine rings is 1. The van der Waals surface area contributed by atoms with E-state index in [4.69, 9.17) is 21.1 Å². The molecule has 0 saturated carbocycles. The van der Waals surface area contributed by atoms with Gasteiger partial charge < -0.3 is 19.7 Å². The largest absolute Gasteiger partial charge is 0.383 e. The van der Waals surface area contributed by atoms with Crippen molar-refractivity contribution in [2.45, 2.75) is 25.9 Å². The number of hydrogen-bond acceptors (Lipinski definition) is 4. The van der Waals surface area contributed by atoms with Gasteiger partial charge in [-0.05, 0) is 31.5 Å². The molecule has 4 nitrogen and oxygen atoms in total. The van der Waals surface area contributed by atoms with Crippen LogP contribution in [-0.2, 0) is 16.0 Å². The maximum absolute atomic E-state index is 6.21. The Kier molecular flexibility index (Phi) is 5.88. The lowest BCUT2D eigenvalue weighted by atomic mass is 9.99. The Balaban J connectivity index is 2.18. The molecule has 1 aromatic rings. The second kappa shape index (κ2) is 7.45. The molecule has 0 amide bonds. The van der Waals surface area contributed by atoms with Gasteiger partial charge in [0.15, 0.2) is 0 Å². The summed E-state index contributed by atoms with van der Waals surface area (Å²) in [5.41, 5.74) is 2.43. The van der Waals surface area contributed by atoms with Gasteiger partial charge in [0, 0.05) is 37.5 Å². The molecule has 1 fully saturated rings. The maximum Gasteiger partial charge on any atom is 0.0694 e. The number of anilines is 1. The van der Waals surface area contributed by atoms with Crippen molar-refractivity contribution in [3.05, 3.63) is 28.8 Å². The molecule has 5 heteroatoms. The summed E-state index contributed by atoms with van der Waals surface area (Å²) in [4.78, 5) is 2.40. The summed E-state index contributed by atoms with van der Waals surface area (Å²) in [5.74, 6) is 0. The molecule has 118 valence electrons. The first-order valence-corrected chi connectivity index (χ1v) is 7.76. The Morgan fingerprint density at radius 2 is 2.24 bits per heavy atom. The number of hydrogen-bond donors (Lipinski definition) is 1. The molecule has 1 aromatic carbocycles. The number of benzene rings is 1. The Morgan fingerprint density at radius 1 is 1.43 bits per heavy atom. The summed E-state index contributed by atoms with van der Waals surface area (Å²) in [5, 5.41) is 4.17. The van der Waals surface area contributed by atoms with E-state index in [0.29, 0.717) is 6.61 Å². The van der Waals surface area contributed by atoms with E-state index < -0.39 is 0 Å². The summed E-state index contributed by atoms with van der Waals surface area (Å²) in [7, 11) is 1.71. The molecule has 0 radical (unpaired) electrons. The lowest BCUT2D eigenvalue weighted by Crippen LogP contribution is -2.53. The molecule has 1 aliphatic rings. The van der Waals surface area contributed by atoms with Crippen molar-refractivity contribution in [2.24, 2.45) is 0 Å². The van der Waals surface area contributed by atoms with Gasteiger partial charge in [-0.3, -0.25) is 0 Å². The molecular formula is C16H25ClN2O2. The van der Waals surface area contributed by atoms with Crippen LogP contribution in [0.15, 0.2) is 18.2 Å². The molecule has 0 unspecified atom stereocenters. The highest BCUT2D eigenvalue weighted by atomic mass is 35.5. The molecule has 1 aliphatic heterocycles. The van der Waals surface area contributed by atoms with Crippen LogP contribution in [0.2, 0.25) is 5.02 Å². The number of ether oxygens (including phenoxy) is 2. The van der Waals surface area contributed by atoms with Crippen LogP contribution in [-0.4, -0.2) is 45.6 Å². The van der Waals surface area contributed by atoms with Crippen molar-refractivity contribution < 1.29 is 9.47 Å². The van der Waals surface area contributed by atoms with Gasteiger partial charge in [0.2, 0.25) is 0 Å². The molecule has 0 aliphatic carbocycles. The zero-order valence-corrected chi connectivity index (χ0v) is 13.9. The van der Waals surface area contributed by atoms with Gasteiger partial charge >= 0.3 is 0 Å². The van der Waals surface area contributed by atoms with Crippen LogP contribution in [0.3, 0.4) is 0 Å². The van der Waals surface area contributed by atoms with Crippen molar-refractivity contribution in [1.29, 1.82) is 0 Å². The molecule has 21 heavy (non-hydrogen) atoms. The SMILES string of the molecule is COCCNCc1ccc(Cl)cc1N1CCOCC1(C)C. The molecule has 0 spiro atoms. The van der Waals surface area contributed by atoms with Crippen molar-refractivity contribution in [2.75, 3.05) is 44.9 Å². The summed E-state index contributed by atoms with van der Waals surface area (Å²) < 4.78 is 10.7. The van der Waals surface area contributed by atoms with Gasteiger partial charge in [-0.2, -0.15) is 0 Å². The third-order valence-electron chi connectivity index (χ3n) is 3.78. The van der Waals surface area contributed by atoms with E-state index in [9.17, 15) is 0 Å². The van der Waals surface area contributed by atoms with Gasteiger partial charge in [-0.25, -0.2) is 0 Å². The Labute approximate surface area is 132 Å². The second-order valence-corrected chi connectivity index (χ2v) is 6.40. The van der Waals surface area contributed by atoms with Gasteiger partial charge in [-0.15, -0.1) is 0 Å². The molecule has 2 rings (SSSR count). The number of halogens is 1. The molecule has 0 atom stereocenters. The lowest BCUT2D eigenvalue weighted by molar-refractivity contribution is 0.0643. The molecule has 0 aromatic heterocycles. The highest BCUT2D eigenvalue weighted by Gasteiger charge is 2.31. The Bertz CT molecular complexity index is 466. The average molecular weight is 313 g/mol. The number of nitrogens with one attached hydrogen (secondary N) is 1. The van der Waals surface area contributed by atoms with E-state index >= 15 is 0 Å². The van der Waals surface area contributed by atoms with Crippen molar-refractivity contribution >= 4 is 17.3 Å². The second-order valence-electron chi connectivity index (χ2n) is 5.96. The Hall–Kier alpha value is -0.810. The first kappa shape index (κ1) is 16.6. The first-order valence-electron chi connectivity index (χ1n) is 7.38. The van der Waals surface area contributed by atoms with Crippen LogP contribution in [0, 0.1) is 0 Å². The summed E-state index contributed by atoms with van der Waals surface area (Å²) >= 11 is 6.21. The third kappa shape index (κ3) is 4.33. The van der Waals surface area contributed by atoms with Crippen LogP contribution in [0.1, 0.15) is 19.4 Å². The zero-order chi connectivity index (χ0) is 15.3. The van der Waals surface area contributed by atoms with Crippen LogP contribution in [0.4, 0.5) is 5.69 Å². The monoisotopic (exact) mass is 312 g/mol. The fourth-order valence-electron chi connectivity index (χ4n) is 2.64. The minimum absolute atomic E-state index is 0.0236. The van der Waals surface area contributed by atoms with E-state index in [1.165, 1.54) is 11.3 Å². The predicted octanol–water partition coefficient (Wildman–Crippen LogP) is 2.69. The third-order valence-corrected chi connectivity index (χ3v) is 4.02. The molecule has 1 heterocycles. The molecular weight excluding hydrogens is 288 g/mol. The van der Waals surface area contributed by atoms with E-state index in [1.807, 2.05) is 6.07 Å². The highest BCUT2D eigenvalue weighted by molar-refractivity contribution is 6.30. The topological polar surface area (TPSA) is 33.7 Å². The van der Waals surface area contributed by atoms with E-state index in [0.717, 1.165) is 37.9 Å². The fourth-order valence-corrected chi connectivity index (χ4v) is 2.81. The molecule has 0 bridgehead atoms. The standard InChI is InChI=1S/C16H25ClN2O2/c1-16(2)12-21-9-7-19(16)15-10-14(17)5-4-13(15)11-18-6-8-20-3/h4-5,10,18H,6-9,11-12H2,1-3H3. The highest BCUT2D eigenvalue weighted by Crippen LogP contribution is 2.32. The molecule has 1 N–H and O–H groups in total. The summed E-state index contributed by atoms with van der Waals surface area (Å²) in [6.45, 7) is 9.14. The van der Waals surface area contributed by atoms with Gasteiger partial charge in [0.05, 0.1) is 25.4 Å². The average Bonchev–Trinajstić information content (AvgIpc) is 2.44. The fraction of sp³-hybridized carbons (Fsp3) is 0.625. The summed E-state index contributed by atoms with van der Waals surface area (Å²) in [6.07, 6.45) is 0. The Morgan fingerprint density at radius 3 is 2.95 bits per heavy atom. The van der Waals surface area contributed by atoms with E-state index in [1.54, 1.807) is 7.11 Å². The number of nitrogens with zero attached hydrogens (tertiary/aromatic N) is 1. The number of methoxy groups -OCH3 is 1. The summed E-state index contributed by atoms with van der Waals surface area (Å²) in [6, 6.07) is 6.11. The van der Waals surface area contributed by atoms with Crippen molar-refractivity contribution in [3.63, 3.8) is 0 Å². The van der Waals surface area contributed by atoms with Crippen LogP contribution in [0.5, 0.6) is 0 Å². The maximum atomic E-state index is 6.21. The van der Waals surface area contributed by atoms with Crippen molar-refractivity contribution in [1.82, 2.24) is 5.32 Å².